The normalized spacial score (nSPS) is 12.7. The summed E-state index contributed by atoms with van der Waals surface area (Å²) in [6, 6.07) is 17.9. The van der Waals surface area contributed by atoms with Crippen LogP contribution < -0.4 is 42.4 Å². The number of hydrogen-bond donors (Lipinski definition) is 9. The van der Waals surface area contributed by atoms with Gasteiger partial charge in [-0.3, -0.25) is 33.9 Å². The number of carboxylic acid groups (broad SMARTS) is 1. The third-order valence-electron chi connectivity index (χ3n) is 13.6. The predicted octanol–water partition coefficient (Wildman–Crippen LogP) is 5.77. The minimum atomic E-state index is -2.85. The Morgan fingerprint density at radius 1 is 0.750 bits per heavy atom. The molecule has 7 rings (SSSR count). The molecule has 6 aromatic rings. The number of primary amides is 1. The van der Waals surface area contributed by atoms with E-state index >= 15 is 0 Å². The number of carbonyl (C=O) groups excluding carboxylic acids is 7. The van der Waals surface area contributed by atoms with Crippen LogP contribution in [0.25, 0.3) is 33.5 Å². The first-order valence-corrected chi connectivity index (χ1v) is 29.2. The van der Waals surface area contributed by atoms with Gasteiger partial charge in [-0.25, -0.2) is 37.5 Å². The van der Waals surface area contributed by atoms with Gasteiger partial charge in [0.15, 0.2) is 0 Å². The lowest BCUT2D eigenvalue weighted by atomic mass is 10.0. The smallest absolute Gasteiger partial charge is 0.407 e. The SMILES string of the molecule is CC(C)C(NC(=O)CCOCCOCCOCCOCCN1C(=O)C=CC1=O)C(=O)NC(CCCNC(N)=O)C(=O)Nc1ccc(COC(=O)NCCOc2cnc3ccc(-c4[nH]c(CNc5cc(F)cc(C(=O)O)c5)nc4-c4cccc(C(F)F)n4)cc3c2)cc1. The van der Waals surface area contributed by atoms with Crippen molar-refractivity contribution < 1.29 is 85.1 Å². The molecule has 2 atom stereocenters. The van der Waals surface area contributed by atoms with Crippen molar-refractivity contribution in [1.82, 2.24) is 46.1 Å². The molecule has 1 aliphatic rings. The fourth-order valence-electron chi connectivity index (χ4n) is 8.95. The molecule has 490 valence electrons. The molecule has 2 unspecified atom stereocenters. The van der Waals surface area contributed by atoms with Gasteiger partial charge in [0.1, 0.15) is 54.1 Å². The number of alkyl carbamates (subject to hydrolysis) is 1. The molecule has 0 radical (unpaired) electrons. The number of hydrogen-bond acceptors (Lipinski definition) is 18. The van der Waals surface area contributed by atoms with Gasteiger partial charge in [-0.2, -0.15) is 0 Å². The van der Waals surface area contributed by atoms with Crippen molar-refractivity contribution in [2.75, 3.05) is 89.7 Å². The van der Waals surface area contributed by atoms with Crippen molar-refractivity contribution in [2.24, 2.45) is 11.7 Å². The molecule has 3 aromatic heterocycles. The van der Waals surface area contributed by atoms with Gasteiger partial charge in [-0.05, 0) is 85.0 Å². The lowest BCUT2D eigenvalue weighted by Gasteiger charge is -2.25. The topological polar surface area (TPSA) is 368 Å². The number of aromatic nitrogens is 4. The molecule has 0 aliphatic carbocycles. The van der Waals surface area contributed by atoms with Gasteiger partial charge in [0.2, 0.25) is 17.7 Å². The second-order valence-corrected chi connectivity index (χ2v) is 20.8. The molecular formula is C62H71F3N12O15. The summed E-state index contributed by atoms with van der Waals surface area (Å²) < 4.78 is 74.9. The molecule has 30 heteroatoms. The number of nitrogens with one attached hydrogen (secondary N) is 7. The van der Waals surface area contributed by atoms with Gasteiger partial charge >= 0.3 is 18.1 Å². The van der Waals surface area contributed by atoms with E-state index in [1.807, 2.05) is 0 Å². The van der Waals surface area contributed by atoms with Crippen LogP contribution in [0.2, 0.25) is 0 Å². The molecule has 27 nitrogen and oxygen atoms in total. The first-order valence-electron chi connectivity index (χ1n) is 29.2. The van der Waals surface area contributed by atoms with Crippen molar-refractivity contribution in [1.29, 1.82) is 0 Å². The minimum absolute atomic E-state index is 0.0169. The highest BCUT2D eigenvalue weighted by Gasteiger charge is 2.29. The van der Waals surface area contributed by atoms with Crippen molar-refractivity contribution in [3.63, 3.8) is 0 Å². The first-order chi connectivity index (χ1) is 44.3. The number of H-pyrrole nitrogens is 1. The quantitative estimate of drug-likeness (QED) is 0.0164. The maximum atomic E-state index is 14.2. The van der Waals surface area contributed by atoms with Crippen LogP contribution in [0.4, 0.5) is 34.1 Å². The Morgan fingerprint density at radius 3 is 2.14 bits per heavy atom. The Hall–Kier alpha value is -10.0. The second kappa shape index (κ2) is 35.4. The molecule has 4 heterocycles. The van der Waals surface area contributed by atoms with Crippen LogP contribution in [0.1, 0.15) is 67.0 Å². The van der Waals surface area contributed by atoms with Crippen LogP contribution in [0.5, 0.6) is 5.75 Å². The predicted molar refractivity (Wildman–Crippen MR) is 326 cm³/mol. The minimum Gasteiger partial charge on any atom is -0.490 e. The van der Waals surface area contributed by atoms with E-state index in [-0.39, 0.29) is 139 Å². The highest BCUT2D eigenvalue weighted by atomic mass is 19.3. The number of benzene rings is 3. The Bertz CT molecular complexity index is 3540. The Kier molecular flexibility index (Phi) is 26.7. The highest BCUT2D eigenvalue weighted by Crippen LogP contribution is 2.33. The number of pyridine rings is 2. The number of amides is 8. The number of carboxylic acids is 1. The number of nitrogens with zero attached hydrogens (tertiary/aromatic N) is 4. The van der Waals surface area contributed by atoms with Crippen molar-refractivity contribution >= 4 is 69.9 Å². The van der Waals surface area contributed by atoms with Crippen LogP contribution in [0, 0.1) is 11.7 Å². The van der Waals surface area contributed by atoms with Crippen LogP contribution in [0.15, 0.2) is 103 Å². The molecule has 1 aliphatic heterocycles. The summed E-state index contributed by atoms with van der Waals surface area (Å²) in [5.74, 6) is -4.19. The standard InChI is InChI=1S/C62H71F3N12O15/c1-37(2)54(76-51(78)16-20-87-23-25-89-27-28-90-26-24-88-22-19-77-52(79)14-15-53(77)80)59(82)73-49(7-4-17-67-61(66)85)58(81)71-43-11-8-38(9-12-43)36-92-62(86)68-18-21-91-45-32-40-29-39(10-13-46(40)70-34-45)55-56(47-5-3-6-48(72-47)57(64)65)75-50(74-55)35-69-44-31-41(60(83)84)30-42(63)33-44/h3,5-6,8-15,29-34,37,49,54,57,69H,4,7,16-28,35-36H2,1-2H3,(H,68,86)(H,71,81)(H,73,82)(H,74,75)(H,76,78)(H,83,84)(H3,66,67,85). The van der Waals surface area contributed by atoms with E-state index in [1.54, 1.807) is 62.4 Å². The molecule has 92 heavy (non-hydrogen) atoms. The molecule has 8 amide bonds. The lowest BCUT2D eigenvalue weighted by molar-refractivity contribution is -0.137. The van der Waals surface area contributed by atoms with Gasteiger partial charge in [0.05, 0.1) is 101 Å². The van der Waals surface area contributed by atoms with Crippen LogP contribution in [-0.2, 0) is 60.8 Å². The maximum Gasteiger partial charge on any atom is 0.407 e. The highest BCUT2D eigenvalue weighted by molar-refractivity contribution is 6.12. The number of nitrogens with two attached hydrogens (primary N) is 1. The lowest BCUT2D eigenvalue weighted by Crippen LogP contribution is -2.54. The first kappa shape index (κ1) is 69.4. The van der Waals surface area contributed by atoms with E-state index in [0.29, 0.717) is 58.2 Å². The number of carbonyl (C=O) groups is 8. The monoisotopic (exact) mass is 1280 g/mol. The van der Waals surface area contributed by atoms with Crippen LogP contribution in [0.3, 0.4) is 0 Å². The van der Waals surface area contributed by atoms with Gasteiger partial charge in [0, 0.05) is 47.4 Å². The molecule has 0 saturated carbocycles. The molecule has 0 spiro atoms. The number of rotatable bonds is 38. The van der Waals surface area contributed by atoms with E-state index in [0.717, 1.165) is 17.0 Å². The average molecular weight is 1280 g/mol. The van der Waals surface area contributed by atoms with Gasteiger partial charge in [-0.1, -0.05) is 38.1 Å². The zero-order valence-corrected chi connectivity index (χ0v) is 50.3. The van der Waals surface area contributed by atoms with E-state index in [2.05, 4.69) is 51.8 Å². The Morgan fingerprint density at radius 2 is 1.46 bits per heavy atom. The third-order valence-corrected chi connectivity index (χ3v) is 13.6. The summed E-state index contributed by atoms with van der Waals surface area (Å²) in [5.41, 5.74) is 7.55. The number of anilines is 2. The van der Waals surface area contributed by atoms with Crippen molar-refractivity contribution in [2.45, 2.75) is 64.8 Å². The largest absolute Gasteiger partial charge is 0.490 e. The second-order valence-electron chi connectivity index (χ2n) is 20.8. The van der Waals surface area contributed by atoms with Gasteiger partial charge < -0.3 is 76.1 Å². The molecule has 0 bridgehead atoms. The van der Waals surface area contributed by atoms with Gasteiger partial charge in [0.25, 0.3) is 18.2 Å². The summed E-state index contributed by atoms with van der Waals surface area (Å²) in [4.78, 5) is 116. The molecule has 0 saturated heterocycles. The number of halogens is 3. The fourth-order valence-corrected chi connectivity index (χ4v) is 8.95. The Labute approximate surface area is 525 Å². The summed E-state index contributed by atoms with van der Waals surface area (Å²) in [6.45, 7) is 5.46. The van der Waals surface area contributed by atoms with Gasteiger partial charge in [-0.15, -0.1) is 0 Å². The number of aromatic carboxylic acids is 1. The number of aromatic amines is 1. The number of fused-ring (bicyclic) bond motifs is 1. The molecule has 3 aromatic carbocycles. The zero-order chi connectivity index (χ0) is 65.9. The average Bonchev–Trinajstić information content (AvgIpc) is 1.57. The van der Waals surface area contributed by atoms with E-state index < -0.39 is 65.8 Å². The molecular weight excluding hydrogens is 1210 g/mol. The van der Waals surface area contributed by atoms with E-state index in [4.69, 9.17) is 34.2 Å². The Balaban J connectivity index is 0.826. The number of alkyl halides is 2. The summed E-state index contributed by atoms with van der Waals surface area (Å²) in [5, 5.41) is 26.3. The van der Waals surface area contributed by atoms with E-state index in [9.17, 15) is 56.6 Å². The number of urea groups is 1. The number of imide groups is 1. The summed E-state index contributed by atoms with van der Waals surface area (Å²) in [6.07, 6.45) is 0.622. The molecule has 10 N–H and O–H groups in total. The number of imidazole rings is 1. The van der Waals surface area contributed by atoms with Crippen LogP contribution >= 0.6 is 0 Å². The van der Waals surface area contributed by atoms with Crippen molar-refractivity contribution in [3.05, 3.63) is 132 Å². The third kappa shape index (κ3) is 22.2. The maximum absolute atomic E-state index is 14.2. The fraction of sp³-hybridized carbons (Fsp3) is 0.371. The van der Waals surface area contributed by atoms with Crippen LogP contribution in [-0.4, -0.2) is 169 Å². The zero-order valence-electron chi connectivity index (χ0n) is 50.3. The summed E-state index contributed by atoms with van der Waals surface area (Å²) in [7, 11) is 0. The number of ether oxygens (including phenoxy) is 6. The van der Waals surface area contributed by atoms with E-state index in [1.165, 1.54) is 42.6 Å². The molecule has 0 fully saturated rings. The van der Waals surface area contributed by atoms with Crippen molar-refractivity contribution in [3.8, 4) is 28.4 Å². The summed E-state index contributed by atoms with van der Waals surface area (Å²) >= 11 is 0.